The molecule has 0 aliphatic heterocycles. The zero-order valence-electron chi connectivity index (χ0n) is 13.5. The fourth-order valence-electron chi connectivity index (χ4n) is 2.32. The number of benzene rings is 2. The van der Waals surface area contributed by atoms with Gasteiger partial charge in [-0.05, 0) is 43.2 Å². The summed E-state index contributed by atoms with van der Waals surface area (Å²) >= 11 is 7.65. The molecule has 122 valence electrons. The van der Waals surface area contributed by atoms with Crippen LogP contribution < -0.4 is 5.32 Å². The zero-order valence-corrected chi connectivity index (χ0v) is 15.0. The molecule has 3 rings (SSSR count). The van der Waals surface area contributed by atoms with Gasteiger partial charge in [-0.3, -0.25) is 4.79 Å². The molecule has 5 heteroatoms. The van der Waals surface area contributed by atoms with Crippen molar-refractivity contribution >= 4 is 34.5 Å². The first-order chi connectivity index (χ1) is 11.6. The molecule has 2 aromatic carbocycles. The highest BCUT2D eigenvalue weighted by Crippen LogP contribution is 2.24. The van der Waals surface area contributed by atoms with Crippen LogP contribution in [0.1, 0.15) is 27.9 Å². The standard InChI is InChI=1S/C19H17ClN2OS/c1-3-18-21-17(11-24-18)13-5-7-14(8-6-13)19(23)22-16-10-15(20)9-4-12(16)2/h4-11H,3H2,1-2H3,(H,22,23). The van der Waals surface area contributed by atoms with Crippen LogP contribution in [-0.2, 0) is 6.42 Å². The van der Waals surface area contributed by atoms with Gasteiger partial charge in [0.2, 0.25) is 0 Å². The molecule has 1 aromatic heterocycles. The Bertz CT molecular complexity index is 871. The fourth-order valence-corrected chi connectivity index (χ4v) is 3.25. The Morgan fingerprint density at radius 3 is 2.62 bits per heavy atom. The largest absolute Gasteiger partial charge is 0.322 e. The predicted molar refractivity (Wildman–Crippen MR) is 101 cm³/mol. The van der Waals surface area contributed by atoms with Gasteiger partial charge in [0.15, 0.2) is 0 Å². The molecular weight excluding hydrogens is 340 g/mol. The van der Waals surface area contributed by atoms with Gasteiger partial charge in [-0.25, -0.2) is 4.98 Å². The molecule has 0 spiro atoms. The molecule has 1 N–H and O–H groups in total. The molecule has 0 saturated heterocycles. The first-order valence-electron chi connectivity index (χ1n) is 7.69. The van der Waals surface area contributed by atoms with E-state index >= 15 is 0 Å². The van der Waals surface area contributed by atoms with Crippen molar-refractivity contribution in [3.05, 3.63) is 69.0 Å². The van der Waals surface area contributed by atoms with Crippen molar-refractivity contribution in [3.8, 4) is 11.3 Å². The number of amides is 1. The second-order valence-corrected chi connectivity index (χ2v) is 6.85. The normalized spacial score (nSPS) is 10.6. The number of rotatable bonds is 4. The van der Waals surface area contributed by atoms with Gasteiger partial charge in [0.25, 0.3) is 5.91 Å². The number of carbonyl (C=O) groups excluding carboxylic acids is 1. The summed E-state index contributed by atoms with van der Waals surface area (Å²) in [5.74, 6) is -0.153. The third kappa shape index (κ3) is 3.66. The molecule has 0 fully saturated rings. The van der Waals surface area contributed by atoms with E-state index in [1.165, 1.54) is 0 Å². The highest BCUT2D eigenvalue weighted by Gasteiger charge is 2.09. The van der Waals surface area contributed by atoms with Gasteiger partial charge in [-0.15, -0.1) is 11.3 Å². The average molecular weight is 357 g/mol. The van der Waals surface area contributed by atoms with E-state index < -0.39 is 0 Å². The number of nitrogens with one attached hydrogen (secondary N) is 1. The highest BCUT2D eigenvalue weighted by atomic mass is 35.5. The van der Waals surface area contributed by atoms with E-state index in [1.807, 2.05) is 42.6 Å². The molecule has 3 nitrogen and oxygen atoms in total. The first-order valence-corrected chi connectivity index (χ1v) is 8.95. The summed E-state index contributed by atoms with van der Waals surface area (Å²) in [6.07, 6.45) is 0.935. The second kappa shape index (κ2) is 7.16. The van der Waals surface area contributed by atoms with Crippen LogP contribution in [0.5, 0.6) is 0 Å². The van der Waals surface area contributed by atoms with Gasteiger partial charge >= 0.3 is 0 Å². The van der Waals surface area contributed by atoms with Gasteiger partial charge < -0.3 is 5.32 Å². The summed E-state index contributed by atoms with van der Waals surface area (Å²) in [7, 11) is 0. The summed E-state index contributed by atoms with van der Waals surface area (Å²) in [5.41, 5.74) is 4.27. The van der Waals surface area contributed by atoms with E-state index in [0.717, 1.165) is 33.9 Å². The quantitative estimate of drug-likeness (QED) is 0.662. The predicted octanol–water partition coefficient (Wildman–Crippen LogP) is 5.59. The molecule has 0 aliphatic rings. The summed E-state index contributed by atoms with van der Waals surface area (Å²) in [6, 6.07) is 12.9. The van der Waals surface area contributed by atoms with Crippen LogP contribution in [0.15, 0.2) is 47.8 Å². The summed E-state index contributed by atoms with van der Waals surface area (Å²) in [4.78, 5) is 17.0. The molecule has 0 atom stereocenters. The molecule has 1 amide bonds. The van der Waals surface area contributed by atoms with Crippen molar-refractivity contribution in [2.75, 3.05) is 5.32 Å². The van der Waals surface area contributed by atoms with E-state index in [-0.39, 0.29) is 5.91 Å². The minimum Gasteiger partial charge on any atom is -0.322 e. The zero-order chi connectivity index (χ0) is 17.1. The number of aryl methyl sites for hydroxylation is 2. The molecular formula is C19H17ClN2OS. The minimum absolute atomic E-state index is 0.153. The van der Waals surface area contributed by atoms with E-state index in [0.29, 0.717) is 10.6 Å². The molecule has 0 saturated carbocycles. The number of carbonyl (C=O) groups is 1. The smallest absolute Gasteiger partial charge is 0.255 e. The number of aromatic nitrogens is 1. The topological polar surface area (TPSA) is 42.0 Å². The van der Waals surface area contributed by atoms with E-state index in [4.69, 9.17) is 11.6 Å². The number of anilines is 1. The van der Waals surface area contributed by atoms with Crippen LogP contribution in [0.25, 0.3) is 11.3 Å². The van der Waals surface area contributed by atoms with Crippen molar-refractivity contribution in [2.45, 2.75) is 20.3 Å². The Balaban J connectivity index is 1.77. The number of nitrogens with zero attached hydrogens (tertiary/aromatic N) is 1. The van der Waals surface area contributed by atoms with Gasteiger partial charge in [0.05, 0.1) is 10.7 Å². The van der Waals surface area contributed by atoms with Crippen LogP contribution in [0, 0.1) is 6.92 Å². The van der Waals surface area contributed by atoms with E-state index in [1.54, 1.807) is 23.5 Å². The van der Waals surface area contributed by atoms with Gasteiger partial charge in [-0.1, -0.05) is 36.7 Å². The molecule has 1 heterocycles. The number of hydrogen-bond acceptors (Lipinski definition) is 3. The molecule has 0 radical (unpaired) electrons. The van der Waals surface area contributed by atoms with Gasteiger partial charge in [-0.2, -0.15) is 0 Å². The maximum atomic E-state index is 12.4. The Labute approximate surface area is 150 Å². The maximum absolute atomic E-state index is 12.4. The van der Waals surface area contributed by atoms with Crippen molar-refractivity contribution < 1.29 is 4.79 Å². The lowest BCUT2D eigenvalue weighted by Crippen LogP contribution is -2.12. The number of hydrogen-bond donors (Lipinski definition) is 1. The molecule has 0 unspecified atom stereocenters. The third-order valence-corrected chi connectivity index (χ3v) is 4.97. The van der Waals surface area contributed by atoms with Crippen molar-refractivity contribution in [2.24, 2.45) is 0 Å². The number of thiazole rings is 1. The van der Waals surface area contributed by atoms with Crippen LogP contribution in [0.4, 0.5) is 5.69 Å². The lowest BCUT2D eigenvalue weighted by molar-refractivity contribution is 0.102. The molecule has 3 aromatic rings. The second-order valence-electron chi connectivity index (χ2n) is 5.47. The number of halogens is 1. The van der Waals surface area contributed by atoms with Crippen molar-refractivity contribution in [3.63, 3.8) is 0 Å². The first kappa shape index (κ1) is 16.7. The van der Waals surface area contributed by atoms with Gasteiger partial charge in [0, 0.05) is 27.2 Å². The van der Waals surface area contributed by atoms with Crippen LogP contribution in [0.2, 0.25) is 5.02 Å². The lowest BCUT2D eigenvalue weighted by atomic mass is 10.1. The van der Waals surface area contributed by atoms with Crippen LogP contribution in [0.3, 0.4) is 0 Å². The third-order valence-electron chi connectivity index (χ3n) is 3.74. The Hall–Kier alpha value is -2.17. The summed E-state index contributed by atoms with van der Waals surface area (Å²) in [5, 5.41) is 6.66. The Morgan fingerprint density at radius 1 is 1.21 bits per heavy atom. The van der Waals surface area contributed by atoms with E-state index in [2.05, 4.69) is 17.2 Å². The van der Waals surface area contributed by atoms with Crippen molar-refractivity contribution in [1.82, 2.24) is 4.98 Å². The van der Waals surface area contributed by atoms with Gasteiger partial charge in [0.1, 0.15) is 0 Å². The Morgan fingerprint density at radius 2 is 1.96 bits per heavy atom. The molecule has 24 heavy (non-hydrogen) atoms. The monoisotopic (exact) mass is 356 g/mol. The summed E-state index contributed by atoms with van der Waals surface area (Å²) in [6.45, 7) is 4.02. The lowest BCUT2D eigenvalue weighted by Gasteiger charge is -2.09. The highest BCUT2D eigenvalue weighted by molar-refractivity contribution is 7.09. The van der Waals surface area contributed by atoms with E-state index in [9.17, 15) is 4.79 Å². The maximum Gasteiger partial charge on any atom is 0.255 e. The average Bonchev–Trinajstić information content (AvgIpc) is 3.07. The molecule has 0 aliphatic carbocycles. The SMILES string of the molecule is CCc1nc(-c2ccc(C(=O)Nc3cc(Cl)ccc3C)cc2)cs1. The minimum atomic E-state index is -0.153. The fraction of sp³-hybridized carbons (Fsp3) is 0.158. The summed E-state index contributed by atoms with van der Waals surface area (Å²) < 4.78 is 0. The van der Waals surface area contributed by atoms with Crippen LogP contribution in [-0.4, -0.2) is 10.9 Å². The van der Waals surface area contributed by atoms with Crippen LogP contribution >= 0.6 is 22.9 Å². The van der Waals surface area contributed by atoms with Crippen molar-refractivity contribution in [1.29, 1.82) is 0 Å². The Kier molecular flexibility index (Phi) is 4.97. The molecule has 0 bridgehead atoms.